The Morgan fingerprint density at radius 3 is 3.11 bits per heavy atom. The molecule has 94 valence electrons. The first kappa shape index (κ1) is 13.1. The van der Waals surface area contributed by atoms with Crippen molar-refractivity contribution in [3.8, 4) is 0 Å². The third-order valence-electron chi connectivity index (χ3n) is 1.84. The molecule has 0 aliphatic rings. The van der Waals surface area contributed by atoms with Gasteiger partial charge in [-0.25, -0.2) is 0 Å². The highest BCUT2D eigenvalue weighted by Gasteiger charge is 2.04. The second kappa shape index (κ2) is 6.58. The van der Waals surface area contributed by atoms with Gasteiger partial charge in [-0.15, -0.1) is 10.2 Å². The van der Waals surface area contributed by atoms with Crippen LogP contribution in [0.5, 0.6) is 0 Å². The summed E-state index contributed by atoms with van der Waals surface area (Å²) in [6, 6.07) is 7.09. The number of anilines is 1. The van der Waals surface area contributed by atoms with Gasteiger partial charge in [0, 0.05) is 5.02 Å². The Labute approximate surface area is 117 Å². The van der Waals surface area contributed by atoms with Crippen LogP contribution in [0.4, 0.5) is 5.69 Å². The van der Waals surface area contributed by atoms with Crippen molar-refractivity contribution >= 4 is 46.3 Å². The summed E-state index contributed by atoms with van der Waals surface area (Å²) in [6.45, 7) is 0. The van der Waals surface area contributed by atoms with Crippen LogP contribution in [-0.2, 0) is 4.79 Å². The molecule has 0 saturated heterocycles. The van der Waals surface area contributed by atoms with Gasteiger partial charge in [0.15, 0.2) is 4.34 Å². The first-order valence-electron chi connectivity index (χ1n) is 4.93. The molecule has 0 atom stereocenters. The molecule has 0 spiro atoms. The molecule has 0 saturated carbocycles. The predicted molar refractivity (Wildman–Crippen MR) is 73.9 cm³/mol. The van der Waals surface area contributed by atoms with Crippen molar-refractivity contribution in [1.82, 2.24) is 15.6 Å². The minimum absolute atomic E-state index is 0.143. The van der Waals surface area contributed by atoms with Crippen molar-refractivity contribution in [3.05, 3.63) is 34.8 Å². The van der Waals surface area contributed by atoms with Crippen molar-refractivity contribution in [2.45, 2.75) is 4.34 Å². The van der Waals surface area contributed by atoms with Gasteiger partial charge in [-0.2, -0.15) is 0 Å². The Hall–Kier alpha value is -1.31. The molecule has 1 aromatic carbocycles. The number of thioether (sulfide) groups is 1. The molecule has 2 N–H and O–H groups in total. The maximum absolute atomic E-state index is 11.5. The lowest BCUT2D eigenvalue weighted by molar-refractivity contribution is -0.118. The average Bonchev–Trinajstić information content (AvgIpc) is 2.87. The quantitative estimate of drug-likeness (QED) is 0.656. The molecule has 0 unspecified atom stereocenters. The summed E-state index contributed by atoms with van der Waals surface area (Å²) in [7, 11) is 0. The molecule has 0 fully saturated rings. The van der Waals surface area contributed by atoms with Gasteiger partial charge in [0.1, 0.15) is 5.51 Å². The van der Waals surface area contributed by atoms with Crippen LogP contribution in [0.3, 0.4) is 0 Å². The number of carbonyl (C=O) groups excluding carboxylic acids is 1. The number of hydrazine groups is 1. The Morgan fingerprint density at radius 2 is 2.39 bits per heavy atom. The lowest BCUT2D eigenvalue weighted by Gasteiger charge is -2.07. The molecule has 1 heterocycles. The summed E-state index contributed by atoms with van der Waals surface area (Å²) < 4.78 is 0.771. The van der Waals surface area contributed by atoms with Gasteiger partial charge in [-0.05, 0) is 18.2 Å². The van der Waals surface area contributed by atoms with Crippen LogP contribution in [0.15, 0.2) is 34.1 Å². The monoisotopic (exact) mass is 300 g/mol. The Balaban J connectivity index is 1.75. The molecule has 8 heteroatoms. The summed E-state index contributed by atoms with van der Waals surface area (Å²) in [4.78, 5) is 11.5. The van der Waals surface area contributed by atoms with E-state index in [-0.39, 0.29) is 11.7 Å². The molecule has 0 aliphatic carbocycles. The highest BCUT2D eigenvalue weighted by atomic mass is 35.5. The van der Waals surface area contributed by atoms with Crippen molar-refractivity contribution in [3.63, 3.8) is 0 Å². The minimum Gasteiger partial charge on any atom is -0.299 e. The number of nitrogens with zero attached hydrogens (tertiary/aromatic N) is 2. The van der Waals surface area contributed by atoms with E-state index in [1.807, 2.05) is 6.07 Å². The molecule has 0 radical (unpaired) electrons. The van der Waals surface area contributed by atoms with Gasteiger partial charge in [0.05, 0.1) is 11.4 Å². The summed E-state index contributed by atoms with van der Waals surface area (Å²) in [5.74, 6) is 0.137. The highest BCUT2D eigenvalue weighted by Crippen LogP contribution is 2.18. The van der Waals surface area contributed by atoms with Crippen molar-refractivity contribution in [2.75, 3.05) is 11.2 Å². The number of hydrogen-bond donors (Lipinski definition) is 2. The van der Waals surface area contributed by atoms with E-state index >= 15 is 0 Å². The number of benzene rings is 1. The number of aromatic nitrogens is 2. The smallest absolute Gasteiger partial charge is 0.248 e. The molecule has 1 amide bonds. The van der Waals surface area contributed by atoms with Crippen LogP contribution < -0.4 is 10.9 Å². The SMILES string of the molecule is O=C(CSc1nncs1)NNc1cccc(Cl)c1. The number of carbonyl (C=O) groups is 1. The van der Waals surface area contributed by atoms with Gasteiger partial charge in [-0.3, -0.25) is 15.6 Å². The Bertz CT molecular complexity index is 520. The fourth-order valence-corrected chi connectivity index (χ4v) is 2.58. The Kier molecular flexibility index (Phi) is 4.80. The maximum Gasteiger partial charge on any atom is 0.248 e. The second-order valence-electron chi connectivity index (χ2n) is 3.18. The van der Waals surface area contributed by atoms with Crippen LogP contribution >= 0.6 is 34.7 Å². The van der Waals surface area contributed by atoms with E-state index in [2.05, 4.69) is 21.0 Å². The third kappa shape index (κ3) is 4.17. The number of nitrogens with one attached hydrogen (secondary N) is 2. The van der Waals surface area contributed by atoms with E-state index in [4.69, 9.17) is 11.6 Å². The van der Waals surface area contributed by atoms with Crippen LogP contribution in [0.1, 0.15) is 0 Å². The second-order valence-corrected chi connectivity index (χ2v) is 5.67. The van der Waals surface area contributed by atoms with Crippen LogP contribution in [0.25, 0.3) is 0 Å². The molecule has 5 nitrogen and oxygen atoms in total. The molecule has 0 aliphatic heterocycles. The van der Waals surface area contributed by atoms with E-state index in [9.17, 15) is 4.79 Å². The predicted octanol–water partition coefficient (Wildman–Crippen LogP) is 2.43. The van der Waals surface area contributed by atoms with Crippen molar-refractivity contribution in [1.29, 1.82) is 0 Å². The van der Waals surface area contributed by atoms with E-state index in [1.54, 1.807) is 23.7 Å². The molecule has 1 aromatic heterocycles. The van der Waals surface area contributed by atoms with Gasteiger partial charge in [0.25, 0.3) is 0 Å². The molecule has 2 rings (SSSR count). The van der Waals surface area contributed by atoms with Gasteiger partial charge < -0.3 is 0 Å². The largest absolute Gasteiger partial charge is 0.299 e. The van der Waals surface area contributed by atoms with E-state index in [0.29, 0.717) is 5.02 Å². The lowest BCUT2D eigenvalue weighted by Crippen LogP contribution is -2.30. The average molecular weight is 301 g/mol. The first-order chi connectivity index (χ1) is 8.74. The molecule has 2 aromatic rings. The van der Waals surface area contributed by atoms with E-state index < -0.39 is 0 Å². The zero-order valence-corrected chi connectivity index (χ0v) is 11.5. The fraction of sp³-hybridized carbons (Fsp3) is 0.100. The number of amides is 1. The van der Waals surface area contributed by atoms with Gasteiger partial charge in [-0.1, -0.05) is 40.8 Å². The number of halogens is 1. The van der Waals surface area contributed by atoms with Crippen LogP contribution in [0.2, 0.25) is 5.02 Å². The standard InChI is InChI=1S/C10H9ClN4OS2/c11-7-2-1-3-8(4-7)13-14-9(16)5-17-10-15-12-6-18-10/h1-4,6,13H,5H2,(H,14,16). The molecule has 0 bridgehead atoms. The third-order valence-corrected chi connectivity index (χ3v) is 3.93. The minimum atomic E-state index is -0.143. The number of hydrogen-bond acceptors (Lipinski definition) is 6. The Morgan fingerprint density at radius 1 is 1.50 bits per heavy atom. The zero-order valence-electron chi connectivity index (χ0n) is 9.09. The van der Waals surface area contributed by atoms with Gasteiger partial charge in [0.2, 0.25) is 5.91 Å². The fourth-order valence-electron chi connectivity index (χ4n) is 1.10. The summed E-state index contributed by atoms with van der Waals surface area (Å²) >= 11 is 8.56. The van der Waals surface area contributed by atoms with E-state index in [0.717, 1.165) is 10.0 Å². The normalized spacial score (nSPS) is 10.1. The highest BCUT2D eigenvalue weighted by molar-refractivity contribution is 8.01. The summed E-state index contributed by atoms with van der Waals surface area (Å²) in [5.41, 5.74) is 7.72. The first-order valence-corrected chi connectivity index (χ1v) is 7.18. The van der Waals surface area contributed by atoms with Crippen molar-refractivity contribution in [2.24, 2.45) is 0 Å². The van der Waals surface area contributed by atoms with E-state index in [1.165, 1.54) is 23.1 Å². The zero-order chi connectivity index (χ0) is 12.8. The van der Waals surface area contributed by atoms with Gasteiger partial charge >= 0.3 is 0 Å². The maximum atomic E-state index is 11.5. The molecular weight excluding hydrogens is 292 g/mol. The summed E-state index contributed by atoms with van der Waals surface area (Å²) in [5, 5.41) is 8.13. The number of rotatable bonds is 5. The molecule has 18 heavy (non-hydrogen) atoms. The topological polar surface area (TPSA) is 66.9 Å². The lowest BCUT2D eigenvalue weighted by atomic mass is 10.3. The van der Waals surface area contributed by atoms with Crippen molar-refractivity contribution < 1.29 is 4.79 Å². The van der Waals surface area contributed by atoms with Crippen LogP contribution in [0, 0.1) is 0 Å². The summed E-state index contributed by atoms with van der Waals surface area (Å²) in [6.07, 6.45) is 0. The van der Waals surface area contributed by atoms with Crippen LogP contribution in [-0.4, -0.2) is 21.9 Å². The molecular formula is C10H9ClN4OS2.